The number of rotatable bonds is 8. The molecule has 4 aromatic carbocycles. The predicted octanol–water partition coefficient (Wildman–Crippen LogP) is 6.01. The van der Waals surface area contributed by atoms with E-state index in [0.717, 1.165) is 34.2 Å². The zero-order valence-electron chi connectivity index (χ0n) is 19.1. The monoisotopic (exact) mass is 449 g/mol. The summed E-state index contributed by atoms with van der Waals surface area (Å²) in [5.74, 6) is -1.46. The number of carboxylic acids is 1. The molecule has 4 heteroatoms. The number of hydrogen-bond donors (Lipinski definition) is 2. The van der Waals surface area contributed by atoms with Crippen molar-refractivity contribution in [3.05, 3.63) is 120 Å². The third-order valence-corrected chi connectivity index (χ3v) is 5.90. The van der Waals surface area contributed by atoms with Crippen LogP contribution in [-0.4, -0.2) is 23.0 Å². The summed E-state index contributed by atoms with van der Waals surface area (Å²) in [4.78, 5) is 24.8. The smallest absolute Gasteiger partial charge is 0.326 e. The summed E-state index contributed by atoms with van der Waals surface area (Å²) >= 11 is 0. The Bertz CT molecular complexity index is 1280. The van der Waals surface area contributed by atoms with Gasteiger partial charge in [-0.05, 0) is 51.9 Å². The molecule has 0 unspecified atom stereocenters. The van der Waals surface area contributed by atoms with Crippen molar-refractivity contribution in [3.63, 3.8) is 0 Å². The van der Waals surface area contributed by atoms with Crippen LogP contribution in [0.1, 0.15) is 28.4 Å². The molecule has 4 nitrogen and oxygen atoms in total. The van der Waals surface area contributed by atoms with Crippen molar-refractivity contribution in [2.75, 3.05) is 0 Å². The summed E-state index contributed by atoms with van der Waals surface area (Å²) in [6.45, 7) is 2.10. The van der Waals surface area contributed by atoms with Gasteiger partial charge in [-0.15, -0.1) is 0 Å². The second-order valence-electron chi connectivity index (χ2n) is 8.27. The van der Waals surface area contributed by atoms with Crippen LogP contribution in [0.3, 0.4) is 0 Å². The molecule has 0 aliphatic heterocycles. The molecule has 1 amide bonds. The maximum absolute atomic E-state index is 12.9. The molecule has 0 aromatic heterocycles. The standard InChI is InChI=1S/C30H27NO3/c1-2-21-8-6-11-25(18-21)26-12-7-13-27(20-26)29(32)31-28(30(33)34)19-22-14-16-24(17-15-22)23-9-4-3-5-10-23/h3-18,20,28H,2,19H2,1H3,(H,31,32)(H,33,34)/t28-/m0/s1. The molecule has 0 heterocycles. The first-order valence-corrected chi connectivity index (χ1v) is 11.4. The van der Waals surface area contributed by atoms with Crippen molar-refractivity contribution in [1.29, 1.82) is 0 Å². The molecular weight excluding hydrogens is 422 g/mol. The normalized spacial score (nSPS) is 11.6. The van der Waals surface area contributed by atoms with E-state index in [0.29, 0.717) is 5.56 Å². The third kappa shape index (κ3) is 5.59. The summed E-state index contributed by atoms with van der Waals surface area (Å²) in [6, 6.07) is 32.2. The molecule has 34 heavy (non-hydrogen) atoms. The molecule has 0 aliphatic rings. The second kappa shape index (κ2) is 10.6. The van der Waals surface area contributed by atoms with Gasteiger partial charge in [0.2, 0.25) is 0 Å². The molecule has 1 atom stereocenters. The van der Waals surface area contributed by atoms with Crippen LogP contribution in [0.15, 0.2) is 103 Å². The zero-order valence-corrected chi connectivity index (χ0v) is 19.1. The van der Waals surface area contributed by atoms with Gasteiger partial charge in [0, 0.05) is 12.0 Å². The average molecular weight is 450 g/mol. The number of carboxylic acid groups (broad SMARTS) is 1. The van der Waals surface area contributed by atoms with Crippen molar-refractivity contribution in [1.82, 2.24) is 5.32 Å². The first-order valence-electron chi connectivity index (χ1n) is 11.4. The van der Waals surface area contributed by atoms with Crippen LogP contribution in [0, 0.1) is 0 Å². The molecule has 2 N–H and O–H groups in total. The Morgan fingerprint density at radius 3 is 2.00 bits per heavy atom. The summed E-state index contributed by atoms with van der Waals surface area (Å²) in [5.41, 5.74) is 6.61. The van der Waals surface area contributed by atoms with Crippen LogP contribution in [0.2, 0.25) is 0 Å². The molecule has 0 bridgehead atoms. The fourth-order valence-corrected chi connectivity index (χ4v) is 3.95. The van der Waals surface area contributed by atoms with Gasteiger partial charge in [0.05, 0.1) is 0 Å². The molecule has 0 saturated carbocycles. The molecule has 0 spiro atoms. The molecular formula is C30H27NO3. The van der Waals surface area contributed by atoms with Crippen LogP contribution in [0.25, 0.3) is 22.3 Å². The maximum Gasteiger partial charge on any atom is 0.326 e. The van der Waals surface area contributed by atoms with Crippen LogP contribution >= 0.6 is 0 Å². The van der Waals surface area contributed by atoms with Crippen LogP contribution in [0.5, 0.6) is 0 Å². The van der Waals surface area contributed by atoms with Crippen LogP contribution < -0.4 is 5.32 Å². The van der Waals surface area contributed by atoms with Crippen LogP contribution in [0.4, 0.5) is 0 Å². The Labute approximate surface area is 199 Å². The van der Waals surface area contributed by atoms with E-state index in [1.807, 2.05) is 78.9 Å². The Balaban J connectivity index is 1.48. The van der Waals surface area contributed by atoms with Crippen LogP contribution in [-0.2, 0) is 17.6 Å². The third-order valence-electron chi connectivity index (χ3n) is 5.90. The lowest BCUT2D eigenvalue weighted by molar-refractivity contribution is -0.139. The minimum absolute atomic E-state index is 0.203. The van der Waals surface area contributed by atoms with E-state index >= 15 is 0 Å². The highest BCUT2D eigenvalue weighted by molar-refractivity contribution is 5.97. The van der Waals surface area contributed by atoms with Gasteiger partial charge in [0.15, 0.2) is 0 Å². The minimum atomic E-state index is -1.06. The van der Waals surface area contributed by atoms with E-state index in [1.54, 1.807) is 12.1 Å². The maximum atomic E-state index is 12.9. The first kappa shape index (κ1) is 23.0. The van der Waals surface area contributed by atoms with Gasteiger partial charge in [-0.25, -0.2) is 4.79 Å². The SMILES string of the molecule is CCc1cccc(-c2cccc(C(=O)N[C@@H](Cc3ccc(-c4ccccc4)cc3)C(=O)O)c2)c1. The van der Waals surface area contributed by atoms with Crippen molar-refractivity contribution in [3.8, 4) is 22.3 Å². The van der Waals surface area contributed by atoms with Gasteiger partial charge in [-0.3, -0.25) is 4.79 Å². The largest absolute Gasteiger partial charge is 0.480 e. The van der Waals surface area contributed by atoms with E-state index in [4.69, 9.17) is 0 Å². The Kier molecular flexibility index (Phi) is 7.19. The molecule has 4 rings (SSSR count). The highest BCUT2D eigenvalue weighted by Gasteiger charge is 2.21. The Morgan fingerprint density at radius 1 is 0.706 bits per heavy atom. The fourth-order valence-electron chi connectivity index (χ4n) is 3.95. The predicted molar refractivity (Wildman–Crippen MR) is 136 cm³/mol. The van der Waals surface area contributed by atoms with E-state index < -0.39 is 17.9 Å². The lowest BCUT2D eigenvalue weighted by Crippen LogP contribution is -2.42. The summed E-state index contributed by atoms with van der Waals surface area (Å²) in [6.07, 6.45) is 1.13. The summed E-state index contributed by atoms with van der Waals surface area (Å²) in [5, 5.41) is 12.4. The molecule has 0 radical (unpaired) electrons. The molecule has 170 valence electrons. The van der Waals surface area contributed by atoms with Gasteiger partial charge in [0.1, 0.15) is 6.04 Å². The molecule has 0 saturated heterocycles. The highest BCUT2D eigenvalue weighted by atomic mass is 16.4. The van der Waals surface area contributed by atoms with E-state index in [1.165, 1.54) is 5.56 Å². The number of amides is 1. The van der Waals surface area contributed by atoms with Crippen molar-refractivity contribution in [2.24, 2.45) is 0 Å². The molecule has 4 aromatic rings. The van der Waals surface area contributed by atoms with Gasteiger partial charge >= 0.3 is 5.97 Å². The zero-order chi connectivity index (χ0) is 23.9. The van der Waals surface area contributed by atoms with Crippen molar-refractivity contribution >= 4 is 11.9 Å². The number of hydrogen-bond acceptors (Lipinski definition) is 2. The van der Waals surface area contributed by atoms with Gasteiger partial charge in [-0.1, -0.05) is 97.9 Å². The topological polar surface area (TPSA) is 66.4 Å². The van der Waals surface area contributed by atoms with Gasteiger partial charge < -0.3 is 10.4 Å². The number of nitrogens with one attached hydrogen (secondary N) is 1. The molecule has 0 aliphatic carbocycles. The average Bonchev–Trinajstić information content (AvgIpc) is 2.89. The second-order valence-corrected chi connectivity index (χ2v) is 8.27. The van der Waals surface area contributed by atoms with Crippen molar-refractivity contribution in [2.45, 2.75) is 25.8 Å². The summed E-state index contributed by atoms with van der Waals surface area (Å²) in [7, 11) is 0. The van der Waals surface area contributed by atoms with Gasteiger partial charge in [-0.2, -0.15) is 0 Å². The minimum Gasteiger partial charge on any atom is -0.480 e. The van der Waals surface area contributed by atoms with E-state index in [2.05, 4.69) is 24.4 Å². The lowest BCUT2D eigenvalue weighted by Gasteiger charge is -2.15. The van der Waals surface area contributed by atoms with E-state index in [-0.39, 0.29) is 6.42 Å². The van der Waals surface area contributed by atoms with Crippen molar-refractivity contribution < 1.29 is 14.7 Å². The lowest BCUT2D eigenvalue weighted by atomic mass is 9.99. The number of benzene rings is 4. The fraction of sp³-hybridized carbons (Fsp3) is 0.133. The first-order chi connectivity index (χ1) is 16.5. The Morgan fingerprint density at radius 2 is 1.32 bits per heavy atom. The quantitative estimate of drug-likeness (QED) is 0.346. The number of aliphatic carboxylic acids is 1. The van der Waals surface area contributed by atoms with Gasteiger partial charge in [0.25, 0.3) is 5.91 Å². The number of carbonyl (C=O) groups is 2. The Hall–Kier alpha value is -4.18. The number of carbonyl (C=O) groups excluding carboxylic acids is 1. The number of aryl methyl sites for hydroxylation is 1. The van der Waals surface area contributed by atoms with E-state index in [9.17, 15) is 14.7 Å². The summed E-state index contributed by atoms with van der Waals surface area (Å²) < 4.78 is 0. The highest BCUT2D eigenvalue weighted by Crippen LogP contribution is 2.23. The molecule has 0 fully saturated rings.